The van der Waals surface area contributed by atoms with Crippen molar-refractivity contribution in [2.75, 3.05) is 42.7 Å². The van der Waals surface area contributed by atoms with Gasteiger partial charge in [0, 0.05) is 30.5 Å². The molecule has 8 N–H and O–H groups in total. The first-order valence-electron chi connectivity index (χ1n) is 12.5. The fourth-order valence-corrected chi connectivity index (χ4v) is 6.38. The summed E-state index contributed by atoms with van der Waals surface area (Å²) < 4.78 is 1.89. The van der Waals surface area contributed by atoms with Gasteiger partial charge >= 0.3 is 5.97 Å². The molecule has 18 heteroatoms. The number of pyridine rings is 1. The quantitative estimate of drug-likeness (QED) is 0.0413. The second-order valence-electron chi connectivity index (χ2n) is 9.18. The third-order valence-electron chi connectivity index (χ3n) is 6.30. The van der Waals surface area contributed by atoms with Gasteiger partial charge in [0.05, 0.1) is 11.4 Å². The Morgan fingerprint density at radius 3 is 2.81 bits per heavy atom. The number of amides is 2. The number of carbonyl (C=O) groups excluding carboxylic acids is 3. The number of nitrogen functional groups attached to an aromatic ring is 2. The second kappa shape index (κ2) is 13.4. The maximum absolute atomic E-state index is 13.2. The van der Waals surface area contributed by atoms with Crippen molar-refractivity contribution in [3.05, 3.63) is 39.8 Å². The maximum Gasteiger partial charge on any atom is 0.347 e. The van der Waals surface area contributed by atoms with Crippen LogP contribution in [0.15, 0.2) is 34.9 Å². The Morgan fingerprint density at radius 1 is 1.40 bits per heavy atom. The first-order chi connectivity index (χ1) is 20.0. The number of likely N-dealkylation sites (N-methyl/N-ethyl adjacent to an activating group) is 1. The van der Waals surface area contributed by atoms with Gasteiger partial charge in [-0.2, -0.15) is 4.57 Å². The third-order valence-corrected chi connectivity index (χ3v) is 8.72. The lowest BCUT2D eigenvalue weighted by atomic mass is 10.0. The van der Waals surface area contributed by atoms with Crippen LogP contribution < -0.4 is 32.0 Å². The number of nitrogens with one attached hydrogen (secondary N) is 3. The number of fused-ring (bicyclic) bond motifs is 1. The minimum atomic E-state index is -1.38. The number of allylic oxidation sites excluding steroid dienone is 1. The highest BCUT2D eigenvalue weighted by atomic mass is 35.5. The van der Waals surface area contributed by atoms with E-state index in [2.05, 4.69) is 26.1 Å². The van der Waals surface area contributed by atoms with Crippen LogP contribution in [0.25, 0.3) is 0 Å². The molecule has 0 aliphatic carbocycles. The summed E-state index contributed by atoms with van der Waals surface area (Å²) in [5.74, 6) is -2.27. The Morgan fingerprint density at radius 2 is 2.17 bits per heavy atom. The van der Waals surface area contributed by atoms with Gasteiger partial charge in [0.25, 0.3) is 11.8 Å². The van der Waals surface area contributed by atoms with E-state index in [9.17, 15) is 19.2 Å². The smallest absolute Gasteiger partial charge is 0.347 e. The number of halogens is 1. The molecule has 2 aromatic heterocycles. The van der Waals surface area contributed by atoms with E-state index < -0.39 is 41.0 Å². The molecule has 0 spiro atoms. The number of aliphatic carboxylic acids is 1. The number of rotatable bonds is 13. The number of β-lactam (4-membered cyclic amide) rings is 1. The summed E-state index contributed by atoms with van der Waals surface area (Å²) in [6, 6.07) is 0.757. The molecule has 4 rings (SSSR count). The van der Waals surface area contributed by atoms with E-state index >= 15 is 0 Å². The summed E-state index contributed by atoms with van der Waals surface area (Å²) in [4.78, 5) is 60.0. The minimum absolute atomic E-state index is 0.0259. The Hall–Kier alpha value is -3.93. The van der Waals surface area contributed by atoms with E-state index in [1.54, 1.807) is 12.3 Å². The number of nitrogens with two attached hydrogens (primary N) is 2. The van der Waals surface area contributed by atoms with Crippen LogP contribution in [0.5, 0.6) is 0 Å². The molecule has 2 amide bonds. The van der Waals surface area contributed by atoms with E-state index in [4.69, 9.17) is 33.0 Å². The van der Waals surface area contributed by atoms with Crippen LogP contribution in [0.2, 0.25) is 4.34 Å². The van der Waals surface area contributed by atoms with Gasteiger partial charge in [-0.15, -0.1) is 11.8 Å². The minimum Gasteiger partial charge on any atom is -0.478 e. The molecule has 2 aliphatic heterocycles. The van der Waals surface area contributed by atoms with Gasteiger partial charge in [0.15, 0.2) is 36.1 Å². The van der Waals surface area contributed by atoms with Crippen molar-refractivity contribution in [2.45, 2.75) is 31.0 Å². The largest absolute Gasteiger partial charge is 0.478 e. The molecular formula is C24H29ClN9O6S2+. The number of carboxylic acid groups (broad SMARTS) is 1. The number of aldehydes is 1. The van der Waals surface area contributed by atoms with Crippen LogP contribution in [-0.2, 0) is 30.6 Å². The predicted octanol–water partition coefficient (Wildman–Crippen LogP) is -0.373. The molecule has 1 fully saturated rings. The van der Waals surface area contributed by atoms with Crippen LogP contribution in [0.4, 0.5) is 16.5 Å². The molecule has 2 aromatic rings. The average Bonchev–Trinajstić information content (AvgIpc) is 3.29. The summed E-state index contributed by atoms with van der Waals surface area (Å²) in [6.07, 6.45) is 2.88. The summed E-state index contributed by atoms with van der Waals surface area (Å²) in [5.41, 5.74) is 13.5. The molecule has 1 saturated heterocycles. The lowest BCUT2D eigenvalue weighted by molar-refractivity contribution is -0.688. The van der Waals surface area contributed by atoms with E-state index in [1.165, 1.54) is 23.6 Å². The van der Waals surface area contributed by atoms with Gasteiger partial charge in [0.2, 0.25) is 6.10 Å². The van der Waals surface area contributed by atoms with Gasteiger partial charge in [0.1, 0.15) is 27.1 Å². The lowest BCUT2D eigenvalue weighted by Gasteiger charge is -2.49. The van der Waals surface area contributed by atoms with Crippen LogP contribution in [0.1, 0.15) is 12.6 Å². The Balaban J connectivity index is 1.51. The second-order valence-corrected chi connectivity index (χ2v) is 11.9. The number of nitrogens with zero attached hydrogens (tertiary/aromatic N) is 4. The van der Waals surface area contributed by atoms with E-state index in [-0.39, 0.29) is 20.9 Å². The van der Waals surface area contributed by atoms with Crippen molar-refractivity contribution in [1.29, 1.82) is 0 Å². The monoisotopic (exact) mass is 638 g/mol. The lowest BCUT2D eigenvalue weighted by Crippen LogP contribution is -2.70. The Kier molecular flexibility index (Phi) is 9.87. The zero-order valence-corrected chi connectivity index (χ0v) is 24.9. The first kappa shape index (κ1) is 31.0. The Labute approximate surface area is 253 Å². The normalized spacial score (nSPS) is 19.1. The number of carboxylic acids is 1. The fraction of sp³-hybridized carbons (Fsp3) is 0.375. The average molecular weight is 639 g/mol. The number of hydrogen-bond acceptors (Lipinski definition) is 13. The zero-order chi connectivity index (χ0) is 30.6. The molecule has 0 saturated carbocycles. The van der Waals surface area contributed by atoms with E-state index in [0.717, 1.165) is 29.1 Å². The van der Waals surface area contributed by atoms with Gasteiger partial charge in [-0.1, -0.05) is 28.1 Å². The molecule has 0 radical (unpaired) electrons. The van der Waals surface area contributed by atoms with Gasteiger partial charge in [-0.3, -0.25) is 19.3 Å². The molecule has 4 heterocycles. The van der Waals surface area contributed by atoms with Crippen LogP contribution in [0.3, 0.4) is 0 Å². The van der Waals surface area contributed by atoms with Crippen molar-refractivity contribution in [1.82, 2.24) is 20.5 Å². The van der Waals surface area contributed by atoms with Crippen molar-refractivity contribution < 1.29 is 33.7 Å². The SMILES string of the molecule is CNCCNc1c[n+](CC2=C(C=O)N3C(=O)C(NC(=O)/C(=N\O[C@@H](C)C(=O)O)c4nc(N)sc4Cl)C3SC2)ccc1N. The van der Waals surface area contributed by atoms with Crippen LogP contribution in [0, 0.1) is 0 Å². The third kappa shape index (κ3) is 6.59. The van der Waals surface area contributed by atoms with Crippen molar-refractivity contribution in [3.63, 3.8) is 0 Å². The fourth-order valence-electron chi connectivity index (χ4n) is 4.10. The van der Waals surface area contributed by atoms with Crippen LogP contribution >= 0.6 is 34.7 Å². The van der Waals surface area contributed by atoms with Gasteiger partial charge in [-0.05, 0) is 14.0 Å². The predicted molar refractivity (Wildman–Crippen MR) is 158 cm³/mol. The molecule has 224 valence electrons. The van der Waals surface area contributed by atoms with Crippen molar-refractivity contribution in [2.24, 2.45) is 5.16 Å². The number of thioether (sulfide) groups is 1. The number of anilines is 3. The zero-order valence-electron chi connectivity index (χ0n) is 22.5. The van der Waals surface area contributed by atoms with Gasteiger partial charge in [-0.25, -0.2) is 9.78 Å². The first-order valence-corrected chi connectivity index (χ1v) is 14.8. The molecule has 3 atom stereocenters. The summed E-state index contributed by atoms with van der Waals surface area (Å²) in [7, 11) is 1.85. The van der Waals surface area contributed by atoms with E-state index in [1.807, 2.05) is 17.8 Å². The topological polar surface area (TPSA) is 218 Å². The highest BCUT2D eigenvalue weighted by molar-refractivity contribution is 8.00. The number of hydrogen-bond donors (Lipinski definition) is 6. The summed E-state index contributed by atoms with van der Waals surface area (Å²) in [6.45, 7) is 2.97. The van der Waals surface area contributed by atoms with Crippen LogP contribution in [-0.4, -0.2) is 88.2 Å². The number of aromatic nitrogens is 2. The summed E-state index contributed by atoms with van der Waals surface area (Å²) in [5, 5.41) is 21.1. The standard InChI is InChI=1S/C24H28ClN9O6S2/c1-11(23(38)39)40-32-17(16-19(25)42-24(27)31-16)20(36)30-18-21(37)34-15(9-35)12(10-41-22(18)34)7-33-6-3-13(26)14(8-33)29-5-4-28-2/h3,6,8-9,11,18,22,26,28-29H,4-5,7,10H2,1-2H3,(H4,27,30,31,36,38,39)/p+1/b32-17-/t11-,18?,22?/m0/s1. The highest BCUT2D eigenvalue weighted by Crippen LogP contribution is 2.39. The number of thiazole rings is 1. The molecule has 0 bridgehead atoms. The van der Waals surface area contributed by atoms with Crippen molar-refractivity contribution >= 4 is 81.0 Å². The molecule has 0 aromatic carbocycles. The maximum atomic E-state index is 13.2. The molecular weight excluding hydrogens is 610 g/mol. The molecule has 42 heavy (non-hydrogen) atoms. The van der Waals surface area contributed by atoms with Gasteiger partial charge < -0.3 is 37.4 Å². The molecule has 2 aliphatic rings. The van der Waals surface area contributed by atoms with Crippen molar-refractivity contribution in [3.8, 4) is 0 Å². The number of oxime groups is 1. The molecule has 2 unspecified atom stereocenters. The molecule has 15 nitrogen and oxygen atoms in total. The Bertz CT molecular complexity index is 1470. The highest BCUT2D eigenvalue weighted by Gasteiger charge is 2.53. The number of carbonyl (C=O) groups is 4. The summed E-state index contributed by atoms with van der Waals surface area (Å²) >= 11 is 8.42. The van der Waals surface area contributed by atoms with E-state index in [0.29, 0.717) is 30.8 Å².